The maximum atomic E-state index is 5.94. The number of anilines is 1. The van der Waals surface area contributed by atoms with E-state index in [1.807, 2.05) is 56.3 Å². The molecular formula is C16H17N3O. The number of benzene rings is 2. The quantitative estimate of drug-likeness (QED) is 0.713. The molecule has 102 valence electrons. The van der Waals surface area contributed by atoms with Gasteiger partial charge < -0.3 is 15.5 Å². The maximum Gasteiger partial charge on any atom is 0.138 e. The summed E-state index contributed by atoms with van der Waals surface area (Å²) in [7, 11) is 0. The van der Waals surface area contributed by atoms with Crippen LogP contribution in [-0.4, -0.2) is 16.1 Å². The lowest BCUT2D eigenvalue weighted by Gasteiger charge is -2.10. The van der Waals surface area contributed by atoms with Gasteiger partial charge in [-0.1, -0.05) is 18.2 Å². The Hall–Kier alpha value is -2.49. The number of imidazole rings is 1. The van der Waals surface area contributed by atoms with E-state index in [4.69, 9.17) is 10.5 Å². The molecule has 0 fully saturated rings. The number of nitrogens with two attached hydrogens (primary N) is 1. The second kappa shape index (κ2) is 4.89. The molecule has 4 nitrogen and oxygen atoms in total. The van der Waals surface area contributed by atoms with Gasteiger partial charge in [0.25, 0.3) is 0 Å². The van der Waals surface area contributed by atoms with Crippen LogP contribution in [0.2, 0.25) is 0 Å². The largest absolute Gasteiger partial charge is 0.491 e. The van der Waals surface area contributed by atoms with Crippen LogP contribution >= 0.6 is 0 Å². The summed E-state index contributed by atoms with van der Waals surface area (Å²) in [6.45, 7) is 4.02. The molecule has 2 aromatic carbocycles. The van der Waals surface area contributed by atoms with Gasteiger partial charge in [0.05, 0.1) is 17.3 Å². The number of nitrogens with zero attached hydrogens (tertiary/aromatic N) is 1. The van der Waals surface area contributed by atoms with Crippen molar-refractivity contribution in [3.63, 3.8) is 0 Å². The number of H-pyrrole nitrogens is 1. The van der Waals surface area contributed by atoms with Gasteiger partial charge in [0.15, 0.2) is 0 Å². The van der Waals surface area contributed by atoms with Crippen LogP contribution in [0.4, 0.5) is 5.69 Å². The minimum atomic E-state index is 0.150. The van der Waals surface area contributed by atoms with Crippen molar-refractivity contribution in [2.75, 3.05) is 5.73 Å². The Labute approximate surface area is 117 Å². The first-order valence-corrected chi connectivity index (χ1v) is 6.65. The molecule has 0 aliphatic heterocycles. The smallest absolute Gasteiger partial charge is 0.138 e. The van der Waals surface area contributed by atoms with E-state index in [2.05, 4.69) is 9.97 Å². The van der Waals surface area contributed by atoms with Crippen molar-refractivity contribution in [2.24, 2.45) is 0 Å². The number of nitrogen functional groups attached to an aromatic ring is 1. The average molecular weight is 267 g/mol. The van der Waals surface area contributed by atoms with E-state index in [9.17, 15) is 0 Å². The zero-order valence-electron chi connectivity index (χ0n) is 11.6. The third-order valence-electron chi connectivity index (χ3n) is 3.02. The normalized spacial score (nSPS) is 11.2. The van der Waals surface area contributed by atoms with E-state index < -0.39 is 0 Å². The molecule has 1 heterocycles. The molecule has 0 radical (unpaired) electrons. The lowest BCUT2D eigenvalue weighted by Crippen LogP contribution is -2.05. The molecule has 3 aromatic rings. The third-order valence-corrected chi connectivity index (χ3v) is 3.02. The number of hydrogen-bond acceptors (Lipinski definition) is 3. The Morgan fingerprint density at radius 3 is 2.70 bits per heavy atom. The fourth-order valence-corrected chi connectivity index (χ4v) is 2.18. The molecule has 0 bridgehead atoms. The van der Waals surface area contributed by atoms with E-state index in [0.717, 1.165) is 28.2 Å². The van der Waals surface area contributed by atoms with Gasteiger partial charge in [-0.05, 0) is 38.1 Å². The van der Waals surface area contributed by atoms with Crippen molar-refractivity contribution in [2.45, 2.75) is 20.0 Å². The second-order valence-corrected chi connectivity index (χ2v) is 5.02. The summed E-state index contributed by atoms with van der Waals surface area (Å²) in [5.41, 5.74) is 9.34. The molecule has 1 aromatic heterocycles. The molecule has 20 heavy (non-hydrogen) atoms. The first kappa shape index (κ1) is 12.5. The van der Waals surface area contributed by atoms with Crippen LogP contribution in [0.25, 0.3) is 22.4 Å². The van der Waals surface area contributed by atoms with E-state index >= 15 is 0 Å². The SMILES string of the molecule is CC(C)Oc1cccc(-c2nc3c(N)cccc3[nH]2)c1. The number of fused-ring (bicyclic) bond motifs is 1. The van der Waals surface area contributed by atoms with Crippen LogP contribution < -0.4 is 10.5 Å². The molecule has 0 atom stereocenters. The molecule has 0 spiro atoms. The molecular weight excluding hydrogens is 250 g/mol. The second-order valence-electron chi connectivity index (χ2n) is 5.02. The molecule has 0 unspecified atom stereocenters. The van der Waals surface area contributed by atoms with Crippen molar-refractivity contribution in [1.82, 2.24) is 9.97 Å². The number of aromatic amines is 1. The minimum Gasteiger partial charge on any atom is -0.491 e. The van der Waals surface area contributed by atoms with Crippen molar-refractivity contribution in [1.29, 1.82) is 0 Å². The topological polar surface area (TPSA) is 63.9 Å². The summed E-state index contributed by atoms with van der Waals surface area (Å²) in [6.07, 6.45) is 0.150. The lowest BCUT2D eigenvalue weighted by atomic mass is 10.2. The third kappa shape index (κ3) is 2.32. The summed E-state index contributed by atoms with van der Waals surface area (Å²) in [5.74, 6) is 1.64. The number of ether oxygens (including phenoxy) is 1. The lowest BCUT2D eigenvalue weighted by molar-refractivity contribution is 0.242. The molecule has 3 N–H and O–H groups in total. The zero-order chi connectivity index (χ0) is 14.1. The highest BCUT2D eigenvalue weighted by molar-refractivity contribution is 5.89. The highest BCUT2D eigenvalue weighted by Crippen LogP contribution is 2.26. The minimum absolute atomic E-state index is 0.150. The van der Waals surface area contributed by atoms with Gasteiger partial charge in [-0.15, -0.1) is 0 Å². The first-order chi connectivity index (χ1) is 9.63. The van der Waals surface area contributed by atoms with E-state index in [-0.39, 0.29) is 6.10 Å². The summed E-state index contributed by atoms with van der Waals surface area (Å²) < 4.78 is 5.71. The van der Waals surface area contributed by atoms with E-state index in [1.165, 1.54) is 0 Å². The zero-order valence-corrected chi connectivity index (χ0v) is 11.6. The van der Waals surface area contributed by atoms with Crippen molar-refractivity contribution >= 4 is 16.7 Å². The monoisotopic (exact) mass is 267 g/mol. The van der Waals surface area contributed by atoms with Crippen molar-refractivity contribution < 1.29 is 4.74 Å². The Kier molecular flexibility index (Phi) is 3.06. The van der Waals surface area contributed by atoms with Gasteiger partial charge in [0.2, 0.25) is 0 Å². The van der Waals surface area contributed by atoms with Crippen LogP contribution in [-0.2, 0) is 0 Å². The Morgan fingerprint density at radius 1 is 1.15 bits per heavy atom. The molecule has 0 amide bonds. The van der Waals surface area contributed by atoms with E-state index in [0.29, 0.717) is 5.69 Å². The predicted octanol–water partition coefficient (Wildman–Crippen LogP) is 3.60. The van der Waals surface area contributed by atoms with Crippen LogP contribution in [0.1, 0.15) is 13.8 Å². The van der Waals surface area contributed by atoms with Gasteiger partial charge in [-0.25, -0.2) is 4.98 Å². The maximum absolute atomic E-state index is 5.94. The van der Waals surface area contributed by atoms with Gasteiger partial charge in [-0.3, -0.25) is 0 Å². The average Bonchev–Trinajstić information content (AvgIpc) is 2.84. The van der Waals surface area contributed by atoms with Crippen LogP contribution in [0.15, 0.2) is 42.5 Å². The number of para-hydroxylation sites is 1. The Morgan fingerprint density at radius 2 is 1.95 bits per heavy atom. The molecule has 0 saturated heterocycles. The van der Waals surface area contributed by atoms with Crippen molar-refractivity contribution in [3.05, 3.63) is 42.5 Å². The Balaban J connectivity index is 2.04. The van der Waals surface area contributed by atoms with Gasteiger partial charge in [0, 0.05) is 5.56 Å². The predicted molar refractivity (Wildman–Crippen MR) is 81.7 cm³/mol. The fourth-order valence-electron chi connectivity index (χ4n) is 2.18. The summed E-state index contributed by atoms with van der Waals surface area (Å²) in [5, 5.41) is 0. The number of nitrogens with one attached hydrogen (secondary N) is 1. The van der Waals surface area contributed by atoms with Crippen LogP contribution in [0.5, 0.6) is 5.75 Å². The highest BCUT2D eigenvalue weighted by atomic mass is 16.5. The summed E-state index contributed by atoms with van der Waals surface area (Å²) in [4.78, 5) is 7.85. The highest BCUT2D eigenvalue weighted by Gasteiger charge is 2.08. The Bertz CT molecular complexity index is 746. The summed E-state index contributed by atoms with van der Waals surface area (Å²) in [6, 6.07) is 13.6. The van der Waals surface area contributed by atoms with Gasteiger partial charge in [-0.2, -0.15) is 0 Å². The molecule has 4 heteroatoms. The number of rotatable bonds is 3. The van der Waals surface area contributed by atoms with Crippen LogP contribution in [0, 0.1) is 0 Å². The van der Waals surface area contributed by atoms with Gasteiger partial charge in [0.1, 0.15) is 17.1 Å². The standard InChI is InChI=1S/C16H17N3O/c1-10(2)20-12-6-3-5-11(9-12)16-18-14-8-4-7-13(17)15(14)19-16/h3-10H,17H2,1-2H3,(H,18,19). The molecule has 0 saturated carbocycles. The van der Waals surface area contributed by atoms with Gasteiger partial charge >= 0.3 is 0 Å². The molecule has 0 aliphatic carbocycles. The van der Waals surface area contributed by atoms with E-state index in [1.54, 1.807) is 0 Å². The van der Waals surface area contributed by atoms with Crippen molar-refractivity contribution in [3.8, 4) is 17.1 Å². The molecule has 0 aliphatic rings. The van der Waals surface area contributed by atoms with Crippen LogP contribution in [0.3, 0.4) is 0 Å². The summed E-state index contributed by atoms with van der Waals surface area (Å²) >= 11 is 0. The first-order valence-electron chi connectivity index (χ1n) is 6.65. The number of hydrogen-bond donors (Lipinski definition) is 2. The number of aromatic nitrogens is 2. The molecule has 3 rings (SSSR count). The fraction of sp³-hybridized carbons (Fsp3) is 0.188.